The number of hydrogen-bond donors (Lipinski definition) is 1. The molecule has 3 nitrogen and oxygen atoms in total. The van der Waals surface area contributed by atoms with Gasteiger partial charge in [0.1, 0.15) is 0 Å². The standard InChI is InChI=1S/C12H14ClNO2S2/c13-3-6-16-5-1-4-14-12(15)11-8-10-9(18-11)2-7-17-10/h2,7-8H,1,3-6H2,(H,14,15). The molecule has 0 saturated carbocycles. The van der Waals surface area contributed by atoms with E-state index in [-0.39, 0.29) is 5.91 Å². The molecule has 2 aromatic rings. The van der Waals surface area contributed by atoms with Crippen molar-refractivity contribution < 1.29 is 9.53 Å². The number of halogens is 1. The van der Waals surface area contributed by atoms with Gasteiger partial charge in [0.15, 0.2) is 0 Å². The molecule has 0 aliphatic heterocycles. The molecule has 1 amide bonds. The molecule has 2 rings (SSSR count). The second-order valence-corrected chi connectivity index (χ2v) is 6.08. The quantitative estimate of drug-likeness (QED) is 0.629. The Morgan fingerprint density at radius 1 is 1.39 bits per heavy atom. The highest BCUT2D eigenvalue weighted by atomic mass is 35.5. The van der Waals surface area contributed by atoms with Crippen molar-refractivity contribution in [3.8, 4) is 0 Å². The molecule has 6 heteroatoms. The Hall–Kier alpha value is -0.620. The molecule has 2 heterocycles. The van der Waals surface area contributed by atoms with Gasteiger partial charge in [-0.05, 0) is 23.9 Å². The summed E-state index contributed by atoms with van der Waals surface area (Å²) in [5.41, 5.74) is 0. The largest absolute Gasteiger partial charge is 0.380 e. The Morgan fingerprint density at radius 2 is 2.28 bits per heavy atom. The van der Waals surface area contributed by atoms with Gasteiger partial charge in [0, 0.05) is 28.4 Å². The van der Waals surface area contributed by atoms with E-state index < -0.39 is 0 Å². The average Bonchev–Trinajstić information content (AvgIpc) is 2.93. The maximum absolute atomic E-state index is 11.8. The minimum Gasteiger partial charge on any atom is -0.380 e. The van der Waals surface area contributed by atoms with Crippen molar-refractivity contribution in [2.75, 3.05) is 25.6 Å². The lowest BCUT2D eigenvalue weighted by Crippen LogP contribution is -2.24. The van der Waals surface area contributed by atoms with Crippen molar-refractivity contribution in [3.63, 3.8) is 0 Å². The highest BCUT2D eigenvalue weighted by Crippen LogP contribution is 2.29. The van der Waals surface area contributed by atoms with Crippen molar-refractivity contribution in [2.45, 2.75) is 6.42 Å². The van der Waals surface area contributed by atoms with Gasteiger partial charge in [0.05, 0.1) is 11.5 Å². The zero-order chi connectivity index (χ0) is 12.8. The number of ether oxygens (including phenoxy) is 1. The van der Waals surface area contributed by atoms with Crippen LogP contribution in [-0.2, 0) is 4.74 Å². The van der Waals surface area contributed by atoms with Crippen molar-refractivity contribution in [2.24, 2.45) is 0 Å². The number of fused-ring (bicyclic) bond motifs is 1. The molecule has 0 aliphatic rings. The summed E-state index contributed by atoms with van der Waals surface area (Å²) in [5.74, 6) is 0.513. The van der Waals surface area contributed by atoms with E-state index in [1.54, 1.807) is 11.3 Å². The molecule has 0 atom stereocenters. The van der Waals surface area contributed by atoms with Crippen LogP contribution in [0.2, 0.25) is 0 Å². The van der Waals surface area contributed by atoms with E-state index in [0.29, 0.717) is 25.6 Å². The van der Waals surface area contributed by atoms with E-state index in [2.05, 4.69) is 5.32 Å². The molecule has 0 aliphatic carbocycles. The lowest BCUT2D eigenvalue weighted by Gasteiger charge is -2.03. The molecule has 0 fully saturated rings. The number of nitrogens with one attached hydrogen (secondary N) is 1. The lowest BCUT2D eigenvalue weighted by molar-refractivity contribution is 0.0948. The zero-order valence-corrected chi connectivity index (χ0v) is 12.2. The van der Waals surface area contributed by atoms with Gasteiger partial charge in [-0.1, -0.05) is 0 Å². The van der Waals surface area contributed by atoms with Crippen LogP contribution in [0.15, 0.2) is 17.5 Å². The molecule has 0 bridgehead atoms. The summed E-state index contributed by atoms with van der Waals surface area (Å²) in [6.45, 7) is 1.83. The Balaban J connectivity index is 1.73. The fourth-order valence-corrected chi connectivity index (χ4v) is 3.63. The van der Waals surface area contributed by atoms with Gasteiger partial charge in [-0.2, -0.15) is 0 Å². The third kappa shape index (κ3) is 3.68. The number of thiophene rings is 2. The molecule has 98 valence electrons. The maximum Gasteiger partial charge on any atom is 0.261 e. The summed E-state index contributed by atoms with van der Waals surface area (Å²) in [6.07, 6.45) is 0.808. The highest BCUT2D eigenvalue weighted by Gasteiger charge is 2.09. The monoisotopic (exact) mass is 303 g/mol. The summed E-state index contributed by atoms with van der Waals surface area (Å²) in [7, 11) is 0. The van der Waals surface area contributed by atoms with Crippen LogP contribution in [0.3, 0.4) is 0 Å². The van der Waals surface area contributed by atoms with Crippen molar-refractivity contribution in [3.05, 3.63) is 22.4 Å². The van der Waals surface area contributed by atoms with E-state index in [1.807, 2.05) is 17.5 Å². The summed E-state index contributed by atoms with van der Waals surface area (Å²) in [5, 5.41) is 4.93. The fourth-order valence-electron chi connectivity index (χ4n) is 1.50. The molecule has 0 unspecified atom stereocenters. The molecule has 18 heavy (non-hydrogen) atoms. The first-order valence-electron chi connectivity index (χ1n) is 5.70. The Morgan fingerprint density at radius 3 is 3.06 bits per heavy atom. The average molecular weight is 304 g/mol. The first-order chi connectivity index (χ1) is 8.81. The predicted octanol–water partition coefficient (Wildman–Crippen LogP) is 3.34. The smallest absolute Gasteiger partial charge is 0.261 e. The molecule has 0 aromatic carbocycles. The van der Waals surface area contributed by atoms with Crippen LogP contribution in [0.25, 0.3) is 9.40 Å². The van der Waals surface area contributed by atoms with Crippen molar-refractivity contribution >= 4 is 49.6 Å². The molecule has 0 radical (unpaired) electrons. The van der Waals surface area contributed by atoms with E-state index in [4.69, 9.17) is 16.3 Å². The van der Waals surface area contributed by atoms with Crippen LogP contribution in [0, 0.1) is 0 Å². The van der Waals surface area contributed by atoms with Crippen LogP contribution in [0.4, 0.5) is 0 Å². The van der Waals surface area contributed by atoms with Crippen LogP contribution in [0.1, 0.15) is 16.1 Å². The van der Waals surface area contributed by atoms with Crippen LogP contribution >= 0.6 is 34.3 Å². The van der Waals surface area contributed by atoms with Crippen LogP contribution < -0.4 is 5.32 Å². The molecule has 2 aromatic heterocycles. The molecular weight excluding hydrogens is 290 g/mol. The first kappa shape index (κ1) is 13.8. The van der Waals surface area contributed by atoms with Crippen LogP contribution in [0.5, 0.6) is 0 Å². The summed E-state index contributed by atoms with van der Waals surface area (Å²) in [6, 6.07) is 3.99. The second kappa shape index (κ2) is 7.09. The third-order valence-corrected chi connectivity index (χ3v) is 4.58. The van der Waals surface area contributed by atoms with Gasteiger partial charge in [-0.3, -0.25) is 4.79 Å². The maximum atomic E-state index is 11.8. The van der Waals surface area contributed by atoms with E-state index in [1.165, 1.54) is 20.7 Å². The lowest BCUT2D eigenvalue weighted by atomic mass is 10.4. The van der Waals surface area contributed by atoms with E-state index in [9.17, 15) is 4.79 Å². The Kier molecular flexibility index (Phi) is 5.44. The number of alkyl halides is 1. The molecular formula is C12H14ClNO2S2. The summed E-state index contributed by atoms with van der Waals surface area (Å²) >= 11 is 8.67. The highest BCUT2D eigenvalue weighted by molar-refractivity contribution is 7.27. The van der Waals surface area contributed by atoms with Crippen LogP contribution in [-0.4, -0.2) is 31.5 Å². The summed E-state index contributed by atoms with van der Waals surface area (Å²) < 4.78 is 7.58. The van der Waals surface area contributed by atoms with E-state index in [0.717, 1.165) is 11.3 Å². The fraction of sp³-hybridized carbons (Fsp3) is 0.417. The van der Waals surface area contributed by atoms with Gasteiger partial charge in [0.2, 0.25) is 0 Å². The van der Waals surface area contributed by atoms with Gasteiger partial charge in [-0.15, -0.1) is 34.3 Å². The molecule has 0 spiro atoms. The van der Waals surface area contributed by atoms with E-state index >= 15 is 0 Å². The topological polar surface area (TPSA) is 38.3 Å². The molecule has 0 saturated heterocycles. The minimum atomic E-state index is 0.000688. The second-order valence-electron chi connectivity index (χ2n) is 3.67. The number of carbonyl (C=O) groups is 1. The van der Waals surface area contributed by atoms with Crippen molar-refractivity contribution in [1.29, 1.82) is 0 Å². The number of amides is 1. The van der Waals surface area contributed by atoms with Gasteiger partial charge >= 0.3 is 0 Å². The molecule has 1 N–H and O–H groups in total. The normalized spacial score (nSPS) is 10.9. The number of rotatable bonds is 7. The Labute approximate surface area is 119 Å². The zero-order valence-electron chi connectivity index (χ0n) is 9.78. The van der Waals surface area contributed by atoms with Gasteiger partial charge < -0.3 is 10.1 Å². The van der Waals surface area contributed by atoms with Crippen molar-refractivity contribution in [1.82, 2.24) is 5.32 Å². The Bertz CT molecular complexity index is 480. The van der Waals surface area contributed by atoms with Gasteiger partial charge in [-0.25, -0.2) is 0 Å². The number of hydrogen-bond acceptors (Lipinski definition) is 4. The predicted molar refractivity (Wildman–Crippen MR) is 78.2 cm³/mol. The number of carbonyl (C=O) groups excluding carboxylic acids is 1. The SMILES string of the molecule is O=C(NCCCOCCCl)c1cc2sccc2s1. The minimum absolute atomic E-state index is 0.000688. The van der Waals surface area contributed by atoms with Gasteiger partial charge in [0.25, 0.3) is 5.91 Å². The first-order valence-corrected chi connectivity index (χ1v) is 7.93. The third-order valence-electron chi connectivity index (χ3n) is 2.34. The summed E-state index contributed by atoms with van der Waals surface area (Å²) in [4.78, 5) is 12.6.